The predicted molar refractivity (Wildman–Crippen MR) is 58.7 cm³/mol. The van der Waals surface area contributed by atoms with E-state index in [2.05, 4.69) is 5.32 Å². The highest BCUT2D eigenvalue weighted by atomic mass is 35.5. The van der Waals surface area contributed by atoms with Gasteiger partial charge >= 0.3 is 0 Å². The molecule has 0 saturated heterocycles. The van der Waals surface area contributed by atoms with E-state index >= 15 is 0 Å². The van der Waals surface area contributed by atoms with Gasteiger partial charge in [-0.1, -0.05) is 0 Å². The average Bonchev–Trinajstić information content (AvgIpc) is 2.59. The Balaban J connectivity index is 2.40. The van der Waals surface area contributed by atoms with Crippen LogP contribution in [0.5, 0.6) is 0 Å². The van der Waals surface area contributed by atoms with Gasteiger partial charge in [-0.05, 0) is 30.7 Å². The molecule has 0 fully saturated rings. The van der Waals surface area contributed by atoms with Crippen LogP contribution < -0.4 is 5.32 Å². The van der Waals surface area contributed by atoms with Crippen molar-refractivity contribution in [2.45, 2.75) is 19.5 Å². The van der Waals surface area contributed by atoms with Crippen molar-refractivity contribution in [1.82, 2.24) is 10.2 Å². The van der Waals surface area contributed by atoms with Gasteiger partial charge in [0, 0.05) is 14.1 Å². The summed E-state index contributed by atoms with van der Waals surface area (Å²) in [6.45, 7) is 2.31. The number of carbonyl (C=O) groups excluding carboxylic acids is 1. The van der Waals surface area contributed by atoms with Crippen molar-refractivity contribution >= 4 is 17.5 Å². The summed E-state index contributed by atoms with van der Waals surface area (Å²) in [6, 6.07) is 3.23. The van der Waals surface area contributed by atoms with E-state index in [-0.39, 0.29) is 11.9 Å². The molecule has 1 atom stereocenters. The molecule has 1 unspecified atom stereocenters. The van der Waals surface area contributed by atoms with E-state index < -0.39 is 0 Å². The van der Waals surface area contributed by atoms with E-state index in [4.69, 9.17) is 16.0 Å². The van der Waals surface area contributed by atoms with Gasteiger partial charge in [-0.15, -0.1) is 0 Å². The maximum Gasteiger partial charge on any atom is 0.238 e. The smallest absolute Gasteiger partial charge is 0.238 e. The van der Waals surface area contributed by atoms with Crippen LogP contribution in [0.4, 0.5) is 0 Å². The molecule has 0 aromatic carbocycles. The van der Waals surface area contributed by atoms with Gasteiger partial charge in [0.15, 0.2) is 5.22 Å². The van der Waals surface area contributed by atoms with Gasteiger partial charge in [0.25, 0.3) is 0 Å². The summed E-state index contributed by atoms with van der Waals surface area (Å²) in [6.07, 6.45) is 0. The summed E-state index contributed by atoms with van der Waals surface area (Å²) in [5, 5.41) is 3.41. The quantitative estimate of drug-likeness (QED) is 0.853. The van der Waals surface area contributed by atoms with E-state index in [1.165, 1.54) is 0 Å². The molecule has 1 aromatic heterocycles. The number of rotatable bonds is 4. The minimum atomic E-state index is -0.233. The molecule has 84 valence electrons. The number of nitrogens with zero attached hydrogens (tertiary/aromatic N) is 1. The third kappa shape index (κ3) is 3.57. The number of amides is 1. The molecule has 15 heavy (non-hydrogen) atoms. The van der Waals surface area contributed by atoms with Gasteiger partial charge in [0.1, 0.15) is 5.76 Å². The molecule has 0 aliphatic carbocycles. The first kappa shape index (κ1) is 12.1. The highest BCUT2D eigenvalue weighted by molar-refractivity contribution is 6.28. The second-order valence-electron chi connectivity index (χ2n) is 3.54. The summed E-state index contributed by atoms with van der Waals surface area (Å²) < 4.78 is 5.15. The molecule has 4 nitrogen and oxygen atoms in total. The van der Waals surface area contributed by atoms with E-state index in [0.29, 0.717) is 11.8 Å². The average molecular weight is 231 g/mol. The third-order valence-corrected chi connectivity index (χ3v) is 2.23. The zero-order chi connectivity index (χ0) is 11.4. The number of hydrogen-bond donors (Lipinski definition) is 1. The molecule has 0 saturated carbocycles. The molecule has 1 N–H and O–H groups in total. The molecule has 0 spiro atoms. The van der Waals surface area contributed by atoms with Crippen molar-refractivity contribution in [2.24, 2.45) is 0 Å². The summed E-state index contributed by atoms with van der Waals surface area (Å²) in [5.74, 6) is 0.756. The van der Waals surface area contributed by atoms with Crippen LogP contribution in [0.3, 0.4) is 0 Å². The summed E-state index contributed by atoms with van der Waals surface area (Å²) in [7, 11) is 3.45. The molecular formula is C10H15ClN2O2. The van der Waals surface area contributed by atoms with Crippen molar-refractivity contribution in [2.75, 3.05) is 14.1 Å². The van der Waals surface area contributed by atoms with Gasteiger partial charge in [-0.3, -0.25) is 10.1 Å². The lowest BCUT2D eigenvalue weighted by Gasteiger charge is -2.17. The number of hydrogen-bond acceptors (Lipinski definition) is 3. The Labute approximate surface area is 94.2 Å². The summed E-state index contributed by atoms with van der Waals surface area (Å²) in [5.41, 5.74) is 0. The Kier molecular flexibility index (Phi) is 4.17. The Bertz CT molecular complexity index is 336. The van der Waals surface area contributed by atoms with Crippen LogP contribution in [0.1, 0.15) is 12.7 Å². The van der Waals surface area contributed by atoms with Crippen LogP contribution in [0.15, 0.2) is 16.5 Å². The second kappa shape index (κ2) is 5.19. The van der Waals surface area contributed by atoms with Gasteiger partial charge in [0.05, 0.1) is 12.6 Å². The van der Waals surface area contributed by atoms with E-state index in [0.717, 1.165) is 5.76 Å². The lowest BCUT2D eigenvalue weighted by Crippen LogP contribution is -2.41. The topological polar surface area (TPSA) is 45.5 Å². The van der Waals surface area contributed by atoms with Crippen LogP contribution in [-0.4, -0.2) is 30.9 Å². The zero-order valence-electron chi connectivity index (χ0n) is 9.08. The van der Waals surface area contributed by atoms with Crippen LogP contribution in [-0.2, 0) is 11.3 Å². The van der Waals surface area contributed by atoms with Gasteiger partial charge in [0.2, 0.25) is 5.91 Å². The monoisotopic (exact) mass is 230 g/mol. The summed E-state index contributed by atoms with van der Waals surface area (Å²) >= 11 is 5.62. The van der Waals surface area contributed by atoms with Crippen LogP contribution >= 0.6 is 11.6 Å². The maximum atomic E-state index is 11.5. The summed E-state index contributed by atoms with van der Waals surface area (Å²) in [4.78, 5) is 13.0. The molecule has 5 heteroatoms. The Morgan fingerprint density at radius 2 is 2.27 bits per heavy atom. The molecule has 0 radical (unpaired) electrons. The van der Waals surface area contributed by atoms with E-state index in [1.54, 1.807) is 31.1 Å². The minimum absolute atomic E-state index is 0.0349. The lowest BCUT2D eigenvalue weighted by molar-refractivity contribution is -0.130. The fourth-order valence-electron chi connectivity index (χ4n) is 1.18. The zero-order valence-corrected chi connectivity index (χ0v) is 9.84. The number of halogens is 1. The van der Waals surface area contributed by atoms with Crippen molar-refractivity contribution in [3.05, 3.63) is 23.1 Å². The normalized spacial score (nSPS) is 12.5. The molecule has 0 aliphatic rings. The van der Waals surface area contributed by atoms with Gasteiger partial charge < -0.3 is 9.32 Å². The second-order valence-corrected chi connectivity index (χ2v) is 3.91. The fraction of sp³-hybridized carbons (Fsp3) is 0.500. The van der Waals surface area contributed by atoms with E-state index in [1.807, 2.05) is 6.92 Å². The first-order valence-electron chi connectivity index (χ1n) is 4.69. The SMILES string of the molecule is CC(NCc1ccc(Cl)o1)C(=O)N(C)C. The molecule has 1 heterocycles. The number of carbonyl (C=O) groups is 1. The molecule has 1 rings (SSSR count). The van der Waals surface area contributed by atoms with Crippen LogP contribution in [0, 0.1) is 0 Å². The highest BCUT2D eigenvalue weighted by Crippen LogP contribution is 2.12. The Hall–Kier alpha value is -1.00. The van der Waals surface area contributed by atoms with Gasteiger partial charge in [-0.2, -0.15) is 0 Å². The highest BCUT2D eigenvalue weighted by Gasteiger charge is 2.14. The largest absolute Gasteiger partial charge is 0.448 e. The molecule has 1 aromatic rings. The minimum Gasteiger partial charge on any atom is -0.448 e. The molecular weight excluding hydrogens is 216 g/mol. The Morgan fingerprint density at radius 3 is 2.73 bits per heavy atom. The third-order valence-electron chi connectivity index (χ3n) is 2.02. The fourth-order valence-corrected chi connectivity index (χ4v) is 1.34. The van der Waals surface area contributed by atoms with Crippen LogP contribution in [0.2, 0.25) is 5.22 Å². The molecule has 0 bridgehead atoms. The van der Waals surface area contributed by atoms with E-state index in [9.17, 15) is 4.79 Å². The number of likely N-dealkylation sites (N-methyl/N-ethyl adjacent to an activating group) is 1. The Morgan fingerprint density at radius 1 is 1.60 bits per heavy atom. The maximum absolute atomic E-state index is 11.5. The van der Waals surface area contributed by atoms with Crippen molar-refractivity contribution < 1.29 is 9.21 Å². The standard InChI is InChI=1S/C10H15ClN2O2/c1-7(10(14)13(2)3)12-6-8-4-5-9(11)15-8/h4-5,7,12H,6H2,1-3H3. The first-order chi connectivity index (χ1) is 7.00. The predicted octanol–water partition coefficient (Wildman–Crippen LogP) is 1.50. The van der Waals surface area contributed by atoms with Crippen molar-refractivity contribution in [3.63, 3.8) is 0 Å². The van der Waals surface area contributed by atoms with Gasteiger partial charge in [-0.25, -0.2) is 0 Å². The molecule has 1 amide bonds. The number of furan rings is 1. The lowest BCUT2D eigenvalue weighted by atomic mass is 10.3. The molecule has 0 aliphatic heterocycles. The van der Waals surface area contributed by atoms with Crippen molar-refractivity contribution in [3.8, 4) is 0 Å². The number of nitrogens with one attached hydrogen (secondary N) is 1. The first-order valence-corrected chi connectivity index (χ1v) is 5.07. The van der Waals surface area contributed by atoms with Crippen molar-refractivity contribution in [1.29, 1.82) is 0 Å². The van der Waals surface area contributed by atoms with Crippen LogP contribution in [0.25, 0.3) is 0 Å².